The van der Waals surface area contributed by atoms with Crippen molar-refractivity contribution in [2.45, 2.75) is 58.1 Å². The Morgan fingerprint density at radius 1 is 1.29 bits per heavy atom. The maximum atomic E-state index is 14.0. The molecule has 0 heterocycles. The van der Waals surface area contributed by atoms with Gasteiger partial charge >= 0.3 is 0 Å². The molecule has 2 nitrogen and oxygen atoms in total. The van der Waals surface area contributed by atoms with Crippen molar-refractivity contribution in [1.82, 2.24) is 5.32 Å². The molecule has 0 bridgehead atoms. The van der Waals surface area contributed by atoms with Crippen LogP contribution in [-0.2, 0) is 11.2 Å². The molecule has 0 fully saturated rings. The topological polar surface area (TPSA) is 21.3 Å². The van der Waals surface area contributed by atoms with Gasteiger partial charge in [-0.05, 0) is 56.0 Å². The Kier molecular flexibility index (Phi) is 7.64. The van der Waals surface area contributed by atoms with Crippen LogP contribution in [0.2, 0.25) is 5.02 Å². The first-order valence-corrected chi connectivity index (χ1v) is 8.13. The summed E-state index contributed by atoms with van der Waals surface area (Å²) in [6, 6.07) is 4.79. The smallest absolute Gasteiger partial charge is 0.126 e. The predicted molar refractivity (Wildman–Crippen MR) is 87.5 cm³/mol. The summed E-state index contributed by atoms with van der Waals surface area (Å²) in [7, 11) is 1.74. The quantitative estimate of drug-likeness (QED) is 0.719. The van der Waals surface area contributed by atoms with Gasteiger partial charge in [-0.15, -0.1) is 0 Å². The summed E-state index contributed by atoms with van der Waals surface area (Å²) < 4.78 is 19.8. The minimum atomic E-state index is -0.288. The zero-order valence-corrected chi connectivity index (χ0v) is 14.3. The molecule has 4 heteroatoms. The highest BCUT2D eigenvalue weighted by molar-refractivity contribution is 6.30. The lowest BCUT2D eigenvalue weighted by Crippen LogP contribution is -2.53. The van der Waals surface area contributed by atoms with Crippen LogP contribution in [-0.4, -0.2) is 25.3 Å². The number of ether oxygens (including phenoxy) is 1. The summed E-state index contributed by atoms with van der Waals surface area (Å²) in [5.74, 6) is -0.208. The summed E-state index contributed by atoms with van der Waals surface area (Å²) in [4.78, 5) is 0. The molecule has 1 rings (SSSR count). The van der Waals surface area contributed by atoms with Crippen molar-refractivity contribution < 1.29 is 9.13 Å². The second-order valence-corrected chi connectivity index (χ2v) is 5.86. The fraction of sp³-hybridized carbons (Fsp3) is 0.647. The summed E-state index contributed by atoms with van der Waals surface area (Å²) in [5, 5.41) is 4.09. The van der Waals surface area contributed by atoms with Gasteiger partial charge < -0.3 is 10.1 Å². The molecule has 0 radical (unpaired) electrons. The first-order chi connectivity index (χ1) is 10.0. The van der Waals surface area contributed by atoms with Crippen molar-refractivity contribution in [1.29, 1.82) is 0 Å². The predicted octanol–water partition coefficient (Wildman–Crippen LogP) is 4.60. The number of hydrogen-bond acceptors (Lipinski definition) is 2. The molecule has 1 N–H and O–H groups in total. The summed E-state index contributed by atoms with van der Waals surface area (Å²) >= 11 is 6.00. The largest absolute Gasteiger partial charge is 0.377 e. The van der Waals surface area contributed by atoms with Crippen LogP contribution < -0.4 is 5.32 Å². The average molecular weight is 316 g/mol. The second kappa shape index (κ2) is 8.72. The molecular weight excluding hydrogens is 289 g/mol. The van der Waals surface area contributed by atoms with E-state index in [0.29, 0.717) is 17.0 Å². The van der Waals surface area contributed by atoms with Crippen LogP contribution in [0.3, 0.4) is 0 Å². The zero-order chi connectivity index (χ0) is 15.9. The van der Waals surface area contributed by atoms with E-state index in [1.807, 2.05) is 0 Å². The molecule has 0 amide bonds. The van der Waals surface area contributed by atoms with E-state index in [4.69, 9.17) is 16.3 Å². The third-order valence-electron chi connectivity index (χ3n) is 4.31. The number of halogens is 2. The Hall–Kier alpha value is -0.640. The van der Waals surface area contributed by atoms with E-state index in [0.717, 1.165) is 25.8 Å². The first kappa shape index (κ1) is 18.4. The van der Waals surface area contributed by atoms with Gasteiger partial charge in [0.1, 0.15) is 5.82 Å². The van der Waals surface area contributed by atoms with Crippen molar-refractivity contribution in [3.05, 3.63) is 34.6 Å². The lowest BCUT2D eigenvalue weighted by atomic mass is 9.84. The molecule has 1 atom stereocenters. The molecule has 0 saturated heterocycles. The summed E-state index contributed by atoms with van der Waals surface area (Å²) in [6.07, 6.45) is 3.36. The lowest BCUT2D eigenvalue weighted by molar-refractivity contribution is -0.0473. The van der Waals surface area contributed by atoms with Crippen LogP contribution in [0, 0.1) is 5.82 Å². The van der Waals surface area contributed by atoms with Gasteiger partial charge in [0.15, 0.2) is 0 Å². The van der Waals surface area contributed by atoms with Crippen molar-refractivity contribution in [2.24, 2.45) is 0 Å². The highest BCUT2D eigenvalue weighted by Crippen LogP contribution is 2.28. The van der Waals surface area contributed by atoms with Gasteiger partial charge in [0, 0.05) is 18.2 Å². The van der Waals surface area contributed by atoms with E-state index in [-0.39, 0.29) is 17.5 Å². The Morgan fingerprint density at radius 2 is 1.95 bits per heavy atom. The van der Waals surface area contributed by atoms with Gasteiger partial charge in [0.25, 0.3) is 0 Å². The molecule has 1 aromatic rings. The van der Waals surface area contributed by atoms with Crippen LogP contribution in [0.5, 0.6) is 0 Å². The van der Waals surface area contributed by atoms with Gasteiger partial charge in [-0.25, -0.2) is 4.39 Å². The summed E-state index contributed by atoms with van der Waals surface area (Å²) in [5.41, 5.74) is 0.351. The van der Waals surface area contributed by atoms with E-state index in [9.17, 15) is 4.39 Å². The number of nitrogens with one attached hydrogen (secondary N) is 1. The Balaban J connectivity index is 3.04. The first-order valence-electron chi connectivity index (χ1n) is 7.75. The molecule has 0 spiro atoms. The molecule has 0 aromatic heterocycles. The minimum Gasteiger partial charge on any atom is -0.377 e. The van der Waals surface area contributed by atoms with Crippen molar-refractivity contribution in [3.8, 4) is 0 Å². The van der Waals surface area contributed by atoms with E-state index >= 15 is 0 Å². The molecule has 1 aromatic carbocycles. The molecule has 21 heavy (non-hydrogen) atoms. The average Bonchev–Trinajstić information content (AvgIpc) is 2.50. The van der Waals surface area contributed by atoms with Gasteiger partial charge in [0.05, 0.1) is 5.60 Å². The highest BCUT2D eigenvalue weighted by Gasteiger charge is 2.35. The van der Waals surface area contributed by atoms with Crippen molar-refractivity contribution >= 4 is 11.6 Å². The molecular formula is C17H27ClFNO. The van der Waals surface area contributed by atoms with Crippen LogP contribution in [0.1, 0.15) is 45.6 Å². The SMILES string of the molecule is CCCNC(Cc1cc(Cl)ccc1F)C(CC)(CC)OC. The minimum absolute atomic E-state index is 0.0606. The second-order valence-electron chi connectivity index (χ2n) is 5.42. The van der Waals surface area contributed by atoms with E-state index in [2.05, 4.69) is 26.1 Å². The lowest BCUT2D eigenvalue weighted by Gasteiger charge is -2.39. The molecule has 0 saturated carbocycles. The Labute approximate surface area is 133 Å². The maximum Gasteiger partial charge on any atom is 0.126 e. The fourth-order valence-electron chi connectivity index (χ4n) is 2.86. The van der Waals surface area contributed by atoms with Crippen molar-refractivity contribution in [2.75, 3.05) is 13.7 Å². The van der Waals surface area contributed by atoms with Crippen LogP contribution in [0.15, 0.2) is 18.2 Å². The molecule has 0 aliphatic carbocycles. The Morgan fingerprint density at radius 3 is 2.48 bits per heavy atom. The van der Waals surface area contributed by atoms with Gasteiger partial charge in [0.2, 0.25) is 0 Å². The number of hydrogen-bond donors (Lipinski definition) is 1. The van der Waals surface area contributed by atoms with E-state index < -0.39 is 0 Å². The van der Waals surface area contributed by atoms with Crippen LogP contribution in [0.4, 0.5) is 4.39 Å². The number of benzene rings is 1. The zero-order valence-electron chi connectivity index (χ0n) is 13.5. The third-order valence-corrected chi connectivity index (χ3v) is 4.55. The molecule has 1 unspecified atom stereocenters. The Bertz CT molecular complexity index is 427. The normalized spacial score (nSPS) is 13.4. The molecule has 0 aliphatic heterocycles. The molecule has 120 valence electrons. The fourth-order valence-corrected chi connectivity index (χ4v) is 3.05. The highest BCUT2D eigenvalue weighted by atomic mass is 35.5. The van der Waals surface area contributed by atoms with Gasteiger partial charge in [-0.1, -0.05) is 32.4 Å². The standard InChI is InChI=1S/C17H27ClFNO/c1-5-10-20-16(17(6-2,7-3)21-4)12-13-11-14(18)8-9-15(13)19/h8-9,11,16,20H,5-7,10,12H2,1-4H3. The van der Waals surface area contributed by atoms with Crippen LogP contribution in [0.25, 0.3) is 0 Å². The van der Waals surface area contributed by atoms with Gasteiger partial charge in [-0.3, -0.25) is 0 Å². The van der Waals surface area contributed by atoms with Crippen molar-refractivity contribution in [3.63, 3.8) is 0 Å². The van der Waals surface area contributed by atoms with Crippen LogP contribution >= 0.6 is 11.6 Å². The maximum absolute atomic E-state index is 14.0. The summed E-state index contributed by atoms with van der Waals surface area (Å²) in [6.45, 7) is 7.23. The monoisotopic (exact) mass is 315 g/mol. The number of rotatable bonds is 9. The van der Waals surface area contributed by atoms with E-state index in [1.54, 1.807) is 19.2 Å². The molecule has 0 aliphatic rings. The third kappa shape index (κ3) is 4.67. The number of methoxy groups -OCH3 is 1. The van der Waals surface area contributed by atoms with Gasteiger partial charge in [-0.2, -0.15) is 0 Å². The van der Waals surface area contributed by atoms with E-state index in [1.165, 1.54) is 6.07 Å².